The van der Waals surface area contributed by atoms with E-state index in [1.54, 1.807) is 36.4 Å². The second-order valence-corrected chi connectivity index (χ2v) is 12.5. The molecule has 1 atom stereocenters. The van der Waals surface area contributed by atoms with Crippen molar-refractivity contribution in [1.82, 2.24) is 10.2 Å². The van der Waals surface area contributed by atoms with Crippen molar-refractivity contribution >= 4 is 27.5 Å². The minimum absolute atomic E-state index is 0.0796. The number of hydrogen-bond acceptors (Lipinski definition) is 4. The van der Waals surface area contributed by atoms with Crippen molar-refractivity contribution < 1.29 is 18.0 Å². The molecule has 0 saturated heterocycles. The summed E-state index contributed by atoms with van der Waals surface area (Å²) in [5, 5.41) is 2.97. The third-order valence-corrected chi connectivity index (χ3v) is 8.98. The van der Waals surface area contributed by atoms with E-state index >= 15 is 0 Å². The van der Waals surface area contributed by atoms with Gasteiger partial charge in [-0.1, -0.05) is 97.4 Å². The van der Waals surface area contributed by atoms with Crippen LogP contribution in [0.5, 0.6) is 0 Å². The summed E-state index contributed by atoms with van der Waals surface area (Å²) in [5.74, 6) is -0.756. The van der Waals surface area contributed by atoms with Crippen molar-refractivity contribution in [1.29, 1.82) is 0 Å². The highest BCUT2D eigenvalue weighted by atomic mass is 32.2. The quantitative estimate of drug-likeness (QED) is 0.215. The van der Waals surface area contributed by atoms with Gasteiger partial charge in [0, 0.05) is 19.5 Å². The lowest BCUT2D eigenvalue weighted by Gasteiger charge is -2.34. The van der Waals surface area contributed by atoms with Crippen LogP contribution in [0, 0.1) is 13.8 Å². The Morgan fingerprint density at radius 3 is 2.05 bits per heavy atom. The molecule has 8 heteroatoms. The third-order valence-electron chi connectivity index (χ3n) is 7.19. The van der Waals surface area contributed by atoms with Crippen LogP contribution in [0.25, 0.3) is 0 Å². The van der Waals surface area contributed by atoms with Crippen molar-refractivity contribution in [2.24, 2.45) is 0 Å². The van der Waals surface area contributed by atoms with E-state index < -0.39 is 28.5 Å². The van der Waals surface area contributed by atoms with Crippen LogP contribution in [0.2, 0.25) is 0 Å². The van der Waals surface area contributed by atoms with Crippen LogP contribution in [-0.2, 0) is 32.6 Å². The topological polar surface area (TPSA) is 86.8 Å². The number of anilines is 1. The van der Waals surface area contributed by atoms with Crippen LogP contribution in [0.1, 0.15) is 35.6 Å². The second-order valence-electron chi connectivity index (χ2n) is 10.7. The Morgan fingerprint density at radius 1 is 0.767 bits per heavy atom. The number of rotatable bonds is 13. The monoisotopic (exact) mass is 597 g/mol. The standard InChI is InChI=1S/C35H39N3O4S/c1-4-22-36-35(40)33(24-29-13-7-5-8-14-29)37(25-30-20-18-27(2)19-21-30)34(39)26-38(31-15-11-12-28(3)23-31)43(41,42)32-16-9-6-10-17-32/h5-21,23,33H,4,22,24-26H2,1-3H3,(H,36,40). The van der Waals surface area contributed by atoms with Gasteiger partial charge in [-0.25, -0.2) is 8.42 Å². The van der Waals surface area contributed by atoms with Gasteiger partial charge in [-0.2, -0.15) is 0 Å². The molecular weight excluding hydrogens is 558 g/mol. The Morgan fingerprint density at radius 2 is 1.42 bits per heavy atom. The zero-order valence-corrected chi connectivity index (χ0v) is 25.8. The normalized spacial score (nSPS) is 11.9. The SMILES string of the molecule is CCCNC(=O)C(Cc1ccccc1)N(Cc1ccc(C)cc1)C(=O)CN(c1cccc(C)c1)S(=O)(=O)c1ccccc1. The van der Waals surface area contributed by atoms with Crippen LogP contribution >= 0.6 is 0 Å². The number of hydrogen-bond donors (Lipinski definition) is 1. The van der Waals surface area contributed by atoms with Crippen LogP contribution < -0.4 is 9.62 Å². The molecule has 0 aliphatic heterocycles. The summed E-state index contributed by atoms with van der Waals surface area (Å²) in [6.45, 7) is 5.96. The molecule has 0 radical (unpaired) electrons. The van der Waals surface area contributed by atoms with Gasteiger partial charge in [0.05, 0.1) is 10.6 Å². The fraction of sp³-hybridized carbons (Fsp3) is 0.257. The molecule has 0 saturated carbocycles. The summed E-state index contributed by atoms with van der Waals surface area (Å²) >= 11 is 0. The molecule has 43 heavy (non-hydrogen) atoms. The van der Waals surface area contributed by atoms with Gasteiger partial charge in [0.2, 0.25) is 11.8 Å². The van der Waals surface area contributed by atoms with E-state index in [-0.39, 0.29) is 23.8 Å². The lowest BCUT2D eigenvalue weighted by molar-refractivity contribution is -0.140. The zero-order valence-electron chi connectivity index (χ0n) is 24.9. The van der Waals surface area contributed by atoms with Gasteiger partial charge in [0.1, 0.15) is 12.6 Å². The average molecular weight is 598 g/mol. The summed E-state index contributed by atoms with van der Waals surface area (Å²) in [5.41, 5.74) is 4.04. The molecule has 2 amide bonds. The fourth-order valence-corrected chi connectivity index (χ4v) is 6.27. The number of amides is 2. The van der Waals surface area contributed by atoms with E-state index in [1.807, 2.05) is 81.4 Å². The van der Waals surface area contributed by atoms with Crippen LogP contribution in [0.3, 0.4) is 0 Å². The van der Waals surface area contributed by atoms with Crippen molar-refractivity contribution in [3.05, 3.63) is 131 Å². The van der Waals surface area contributed by atoms with Gasteiger partial charge in [0.25, 0.3) is 10.0 Å². The Bertz CT molecular complexity index is 1610. The maximum absolute atomic E-state index is 14.4. The summed E-state index contributed by atoms with van der Waals surface area (Å²) in [6.07, 6.45) is 1.02. The number of carbonyl (C=O) groups excluding carboxylic acids is 2. The maximum Gasteiger partial charge on any atom is 0.264 e. The Kier molecular flexibility index (Phi) is 10.7. The first-order chi connectivity index (χ1) is 20.7. The first kappa shape index (κ1) is 31.5. The lowest BCUT2D eigenvalue weighted by atomic mass is 10.0. The largest absolute Gasteiger partial charge is 0.354 e. The Hall–Kier alpha value is -4.43. The van der Waals surface area contributed by atoms with E-state index in [2.05, 4.69) is 5.32 Å². The number of aryl methyl sites for hydroxylation is 2. The first-order valence-electron chi connectivity index (χ1n) is 14.5. The molecule has 0 aromatic heterocycles. The van der Waals surface area contributed by atoms with E-state index in [9.17, 15) is 18.0 Å². The average Bonchev–Trinajstić information content (AvgIpc) is 3.02. The summed E-state index contributed by atoms with van der Waals surface area (Å²) in [6, 6.07) is 31.6. The van der Waals surface area contributed by atoms with Gasteiger partial charge in [-0.15, -0.1) is 0 Å². The van der Waals surface area contributed by atoms with E-state index in [0.29, 0.717) is 12.2 Å². The maximum atomic E-state index is 14.4. The number of sulfonamides is 1. The van der Waals surface area contributed by atoms with Crippen LogP contribution in [0.4, 0.5) is 5.69 Å². The predicted octanol–water partition coefficient (Wildman–Crippen LogP) is 5.67. The van der Waals surface area contributed by atoms with E-state index in [0.717, 1.165) is 33.0 Å². The number of nitrogens with zero attached hydrogens (tertiary/aromatic N) is 2. The molecule has 0 spiro atoms. The fourth-order valence-electron chi connectivity index (χ4n) is 4.84. The minimum Gasteiger partial charge on any atom is -0.354 e. The Labute approximate surface area is 255 Å². The molecule has 7 nitrogen and oxygen atoms in total. The van der Waals surface area contributed by atoms with Crippen molar-refractivity contribution in [3.63, 3.8) is 0 Å². The highest BCUT2D eigenvalue weighted by molar-refractivity contribution is 7.92. The zero-order chi connectivity index (χ0) is 30.8. The van der Waals surface area contributed by atoms with E-state index in [1.165, 1.54) is 17.0 Å². The molecule has 0 aliphatic carbocycles. The molecule has 0 heterocycles. The second kappa shape index (κ2) is 14.6. The van der Waals surface area contributed by atoms with E-state index in [4.69, 9.17) is 0 Å². The predicted molar refractivity (Wildman–Crippen MR) is 171 cm³/mol. The molecule has 0 fully saturated rings. The summed E-state index contributed by atoms with van der Waals surface area (Å²) in [4.78, 5) is 29.7. The smallest absolute Gasteiger partial charge is 0.264 e. The first-order valence-corrected chi connectivity index (χ1v) is 15.9. The van der Waals surface area contributed by atoms with Gasteiger partial charge >= 0.3 is 0 Å². The molecule has 1 unspecified atom stereocenters. The molecule has 4 aromatic rings. The molecule has 4 aromatic carbocycles. The highest BCUT2D eigenvalue weighted by Gasteiger charge is 2.34. The molecule has 0 bridgehead atoms. The van der Waals surface area contributed by atoms with Crippen LogP contribution in [-0.4, -0.2) is 44.3 Å². The highest BCUT2D eigenvalue weighted by Crippen LogP contribution is 2.26. The third kappa shape index (κ3) is 8.32. The van der Waals surface area contributed by atoms with Gasteiger partial charge in [0.15, 0.2) is 0 Å². The number of nitrogens with one attached hydrogen (secondary N) is 1. The molecule has 1 N–H and O–H groups in total. The lowest BCUT2D eigenvalue weighted by Crippen LogP contribution is -2.53. The minimum atomic E-state index is -4.11. The van der Waals surface area contributed by atoms with Crippen LogP contribution in [0.15, 0.2) is 114 Å². The summed E-state index contributed by atoms with van der Waals surface area (Å²) in [7, 11) is -4.11. The number of benzene rings is 4. The Balaban J connectivity index is 1.78. The van der Waals surface area contributed by atoms with Crippen molar-refractivity contribution in [3.8, 4) is 0 Å². The molecular formula is C35H39N3O4S. The van der Waals surface area contributed by atoms with Gasteiger partial charge in [-0.3, -0.25) is 13.9 Å². The molecule has 0 aliphatic rings. The van der Waals surface area contributed by atoms with Gasteiger partial charge in [-0.05, 0) is 61.2 Å². The molecule has 224 valence electrons. The summed E-state index contributed by atoms with van der Waals surface area (Å²) < 4.78 is 29.2. The van der Waals surface area contributed by atoms with Gasteiger partial charge < -0.3 is 10.2 Å². The number of carbonyl (C=O) groups is 2. The molecule has 4 rings (SSSR count). The van der Waals surface area contributed by atoms with Crippen molar-refractivity contribution in [2.75, 3.05) is 17.4 Å². The van der Waals surface area contributed by atoms with Crippen molar-refractivity contribution in [2.45, 2.75) is 51.1 Å².